The van der Waals surface area contributed by atoms with E-state index in [2.05, 4.69) is 9.88 Å². The first-order chi connectivity index (χ1) is 27.1. The molecule has 1 aromatic heterocycles. The highest BCUT2D eigenvalue weighted by atomic mass is 16.6. The third-order valence-corrected chi connectivity index (χ3v) is 12.2. The Hall–Kier alpha value is -4.53. The number of carbonyl (C=O) groups excluding carboxylic acids is 3. The maximum absolute atomic E-state index is 14.0. The molecule has 4 atom stereocenters. The molecule has 0 spiro atoms. The van der Waals surface area contributed by atoms with Gasteiger partial charge in [-0.05, 0) is 94.1 Å². The van der Waals surface area contributed by atoms with Gasteiger partial charge in [0.05, 0.1) is 43.6 Å². The van der Waals surface area contributed by atoms with Crippen LogP contribution in [0.4, 0.5) is 0 Å². The lowest BCUT2D eigenvalue weighted by Crippen LogP contribution is -2.52. The van der Waals surface area contributed by atoms with Gasteiger partial charge >= 0.3 is 5.97 Å². The molecule has 4 N–H and O–H groups in total. The number of ketones is 1. The van der Waals surface area contributed by atoms with Crippen LogP contribution in [0.5, 0.6) is 17.2 Å². The van der Waals surface area contributed by atoms with E-state index in [0.29, 0.717) is 40.9 Å². The van der Waals surface area contributed by atoms with Gasteiger partial charge in [0.25, 0.3) is 0 Å². The predicted molar refractivity (Wildman–Crippen MR) is 206 cm³/mol. The van der Waals surface area contributed by atoms with Crippen LogP contribution in [0.2, 0.25) is 0 Å². The fraction of sp³-hybridized carbons (Fsp3) is 0.512. The van der Waals surface area contributed by atoms with Crippen LogP contribution < -0.4 is 14.2 Å². The lowest BCUT2D eigenvalue weighted by atomic mass is 9.71. The van der Waals surface area contributed by atoms with Crippen LogP contribution in [0.1, 0.15) is 74.1 Å². The molecule has 0 amide bonds. The summed E-state index contributed by atoms with van der Waals surface area (Å²) in [6.45, 7) is 5.76. The fourth-order valence-corrected chi connectivity index (χ4v) is 9.24. The zero-order valence-corrected chi connectivity index (χ0v) is 32.5. The third kappa shape index (κ3) is 7.04. The van der Waals surface area contributed by atoms with Crippen LogP contribution in [0.15, 0.2) is 47.4 Å². The van der Waals surface area contributed by atoms with Crippen molar-refractivity contribution in [2.45, 2.75) is 76.6 Å². The molecule has 0 radical (unpaired) electrons. The van der Waals surface area contributed by atoms with Gasteiger partial charge < -0.3 is 48.9 Å². The number of esters is 1. The number of H-pyrrole nitrogens is 1. The second kappa shape index (κ2) is 16.5. The Morgan fingerprint density at radius 3 is 2.57 bits per heavy atom. The molecule has 0 bridgehead atoms. The number of ether oxygens (including phenoxy) is 5. The summed E-state index contributed by atoms with van der Waals surface area (Å²) in [7, 11) is 3.19. The summed E-state index contributed by atoms with van der Waals surface area (Å²) in [6.07, 6.45) is 4.67. The number of methoxy groups -OCH3 is 2. The molecule has 7 rings (SSSR count). The van der Waals surface area contributed by atoms with Gasteiger partial charge in [-0.15, -0.1) is 0 Å². The molecule has 3 aliphatic heterocycles. The van der Waals surface area contributed by atoms with E-state index in [1.807, 2.05) is 30.5 Å². The minimum Gasteiger partial charge on any atom is -0.496 e. The van der Waals surface area contributed by atoms with Crippen molar-refractivity contribution in [3.63, 3.8) is 0 Å². The highest BCUT2D eigenvalue weighted by molar-refractivity contribution is 6.11. The van der Waals surface area contributed by atoms with Crippen molar-refractivity contribution >= 4 is 34.5 Å². The number of rotatable bonds is 13. The van der Waals surface area contributed by atoms with Crippen LogP contribution in [0, 0.1) is 11.8 Å². The van der Waals surface area contributed by atoms with Crippen molar-refractivity contribution < 1.29 is 53.4 Å². The lowest BCUT2D eigenvalue weighted by molar-refractivity contribution is -0.141. The molecular formula is C43H52N2O11. The van der Waals surface area contributed by atoms with Crippen LogP contribution in [0.3, 0.4) is 0 Å². The van der Waals surface area contributed by atoms with E-state index in [1.54, 1.807) is 21.0 Å². The van der Waals surface area contributed by atoms with E-state index in [-0.39, 0.29) is 66.0 Å². The zero-order chi connectivity index (χ0) is 39.7. The number of allylic oxidation sites excluding steroid dienone is 3. The lowest BCUT2D eigenvalue weighted by Gasteiger charge is -2.42. The monoisotopic (exact) mass is 772 g/mol. The second-order valence-corrected chi connectivity index (χ2v) is 15.4. The number of fused-ring (bicyclic) bond motifs is 3. The SMILES string of the molecule is CCOC(=O)C1=C(C=O)C(=C2CC(CO)C(=O)C(c3ccc4[nH]ccc4c3)C2)c2c(OC)c3c(c(CO)c2O1)OC(C(C)(O)C1CCN(CCCOC)CC1)C3. The van der Waals surface area contributed by atoms with Crippen molar-refractivity contribution in [3.05, 3.63) is 69.6 Å². The first-order valence-electron chi connectivity index (χ1n) is 19.6. The van der Waals surface area contributed by atoms with Crippen LogP contribution in [0.25, 0.3) is 16.5 Å². The Labute approximate surface area is 326 Å². The number of nitrogens with zero attached hydrogens (tertiary/aromatic N) is 1. The van der Waals surface area contributed by atoms with Gasteiger partial charge in [0, 0.05) is 61.4 Å². The normalized spacial score (nSPS) is 24.0. The van der Waals surface area contributed by atoms with Gasteiger partial charge in [0.1, 0.15) is 34.7 Å². The smallest absolute Gasteiger partial charge is 0.375 e. The number of piperidine rings is 1. The van der Waals surface area contributed by atoms with E-state index in [0.717, 1.165) is 55.4 Å². The number of likely N-dealkylation sites (tertiary alicyclic amines) is 1. The van der Waals surface area contributed by atoms with Gasteiger partial charge in [0.2, 0.25) is 5.76 Å². The molecule has 4 aliphatic rings. The Kier molecular flexibility index (Phi) is 11.7. The van der Waals surface area contributed by atoms with E-state index < -0.39 is 42.7 Å². The minimum absolute atomic E-state index is 0.00765. The molecule has 4 heterocycles. The third-order valence-electron chi connectivity index (χ3n) is 12.2. The molecule has 56 heavy (non-hydrogen) atoms. The maximum atomic E-state index is 14.0. The van der Waals surface area contributed by atoms with Crippen molar-refractivity contribution in [2.75, 3.05) is 53.7 Å². The predicted octanol–water partition coefficient (Wildman–Crippen LogP) is 4.39. The summed E-state index contributed by atoms with van der Waals surface area (Å²) in [6, 6.07) is 7.66. The largest absolute Gasteiger partial charge is 0.496 e. The average molecular weight is 773 g/mol. The Balaban J connectivity index is 1.34. The van der Waals surface area contributed by atoms with E-state index in [1.165, 1.54) is 7.11 Å². The standard InChI is InChI=1S/C43H52N2O11/c1-5-54-42(50)41-31(22-47)35(26-18-27(21-46)37(49)29(19-26)24-7-8-33-25(17-24)9-12-44-33)36-39(53-4)30-20-34(55-38(30)32(23-48)40(36)56-41)43(2,51)28-10-14-45(15-11-28)13-6-16-52-3/h7-9,12,17,22,27-29,34,44,46,48,51H,5-6,10-11,13-16,18-21,23H2,1-4H3. The first-order valence-corrected chi connectivity index (χ1v) is 19.6. The summed E-state index contributed by atoms with van der Waals surface area (Å²) < 4.78 is 29.6. The molecule has 1 saturated heterocycles. The van der Waals surface area contributed by atoms with Gasteiger partial charge in [-0.1, -0.05) is 11.6 Å². The highest BCUT2D eigenvalue weighted by Crippen LogP contribution is 2.57. The van der Waals surface area contributed by atoms with E-state index in [9.17, 15) is 29.7 Å². The Bertz CT molecular complexity index is 2060. The number of aliphatic hydroxyl groups excluding tert-OH is 2. The molecule has 13 heteroatoms. The molecular weight excluding hydrogens is 720 g/mol. The van der Waals surface area contributed by atoms with E-state index in [4.69, 9.17) is 23.7 Å². The van der Waals surface area contributed by atoms with Crippen molar-refractivity contribution in [2.24, 2.45) is 11.8 Å². The van der Waals surface area contributed by atoms with Gasteiger partial charge in [-0.2, -0.15) is 0 Å². The summed E-state index contributed by atoms with van der Waals surface area (Å²) in [5.41, 5.74) is 2.44. The number of benzene rings is 2. The summed E-state index contributed by atoms with van der Waals surface area (Å²) in [5.74, 6) is -2.24. The number of nitrogens with one attached hydrogen (secondary N) is 1. The van der Waals surface area contributed by atoms with Crippen molar-refractivity contribution in [1.82, 2.24) is 9.88 Å². The quantitative estimate of drug-likeness (QED) is 0.110. The number of aromatic nitrogens is 1. The average Bonchev–Trinajstić information content (AvgIpc) is 3.88. The summed E-state index contributed by atoms with van der Waals surface area (Å²) in [4.78, 5) is 46.3. The Morgan fingerprint density at radius 1 is 1.11 bits per heavy atom. The zero-order valence-electron chi connectivity index (χ0n) is 32.5. The summed E-state index contributed by atoms with van der Waals surface area (Å²) in [5, 5.41) is 34.7. The van der Waals surface area contributed by atoms with Crippen LogP contribution in [-0.4, -0.2) is 109 Å². The Morgan fingerprint density at radius 2 is 1.89 bits per heavy atom. The second-order valence-electron chi connectivity index (χ2n) is 15.4. The van der Waals surface area contributed by atoms with Gasteiger partial charge in [-0.25, -0.2) is 4.79 Å². The molecule has 2 aromatic carbocycles. The first kappa shape index (κ1) is 39.7. The molecule has 3 aromatic rings. The number of aldehydes is 1. The van der Waals surface area contributed by atoms with Crippen molar-refractivity contribution in [1.29, 1.82) is 0 Å². The van der Waals surface area contributed by atoms with Crippen LogP contribution >= 0.6 is 0 Å². The topological polar surface area (TPSA) is 177 Å². The number of hydrogen-bond donors (Lipinski definition) is 4. The number of carbonyl (C=O) groups is 3. The maximum Gasteiger partial charge on any atom is 0.375 e. The highest BCUT2D eigenvalue weighted by Gasteiger charge is 2.49. The molecule has 2 fully saturated rings. The molecule has 1 saturated carbocycles. The van der Waals surface area contributed by atoms with Crippen molar-refractivity contribution in [3.8, 4) is 17.2 Å². The van der Waals surface area contributed by atoms with E-state index >= 15 is 0 Å². The number of aromatic amines is 1. The molecule has 13 nitrogen and oxygen atoms in total. The number of Topliss-reactive ketones (excluding diaryl/α,β-unsaturated/α-hetero) is 1. The number of aliphatic hydroxyl groups is 3. The molecule has 300 valence electrons. The molecule has 4 unspecified atom stereocenters. The summed E-state index contributed by atoms with van der Waals surface area (Å²) >= 11 is 0. The fourth-order valence-electron chi connectivity index (χ4n) is 9.24. The van der Waals surface area contributed by atoms with Gasteiger partial charge in [0.15, 0.2) is 6.29 Å². The molecule has 1 aliphatic carbocycles. The number of hydrogen-bond acceptors (Lipinski definition) is 12. The van der Waals surface area contributed by atoms with Gasteiger partial charge in [-0.3, -0.25) is 9.59 Å². The minimum atomic E-state index is -1.26. The van der Waals surface area contributed by atoms with Crippen LogP contribution in [-0.2, 0) is 36.9 Å².